The zero-order valence-corrected chi connectivity index (χ0v) is 10.2. The number of hydrogen-bond donors (Lipinski definition) is 4. The molecule has 98 valence electrons. The third-order valence-corrected chi connectivity index (χ3v) is 3.36. The lowest BCUT2D eigenvalue weighted by Crippen LogP contribution is -2.44. The van der Waals surface area contributed by atoms with Crippen LogP contribution in [0.1, 0.15) is 20.8 Å². The van der Waals surface area contributed by atoms with E-state index in [1.54, 1.807) is 13.8 Å². The summed E-state index contributed by atoms with van der Waals surface area (Å²) in [6.45, 7) is 4.27. The second kappa shape index (κ2) is 4.27. The van der Waals surface area contributed by atoms with E-state index >= 15 is 0 Å². The summed E-state index contributed by atoms with van der Waals surface area (Å²) in [5.74, 6) is -2.63. The molecule has 1 unspecified atom stereocenters. The first kappa shape index (κ1) is 13.9. The van der Waals surface area contributed by atoms with E-state index in [1.165, 1.54) is 6.92 Å². The third kappa shape index (κ3) is 2.76. The van der Waals surface area contributed by atoms with Crippen LogP contribution in [0.4, 0.5) is 0 Å². The molecule has 1 amide bonds. The number of carboxylic acid groups (broad SMARTS) is 1. The molecule has 0 heterocycles. The highest BCUT2D eigenvalue weighted by atomic mass is 16.4. The highest BCUT2D eigenvalue weighted by Gasteiger charge is 2.65. The normalized spacial score (nSPS) is 29.2. The monoisotopic (exact) mass is 245 g/mol. The third-order valence-electron chi connectivity index (χ3n) is 3.36. The Labute approximate surface area is 99.6 Å². The van der Waals surface area contributed by atoms with Crippen LogP contribution < -0.4 is 5.32 Å². The second-order valence-electron chi connectivity index (χ2n) is 5.49. The van der Waals surface area contributed by atoms with Gasteiger partial charge in [-0.15, -0.1) is 0 Å². The molecule has 0 spiro atoms. The van der Waals surface area contributed by atoms with Gasteiger partial charge in [0.15, 0.2) is 0 Å². The quantitative estimate of drug-likeness (QED) is 0.507. The Morgan fingerprint density at radius 1 is 1.35 bits per heavy atom. The minimum atomic E-state index is -1.38. The van der Waals surface area contributed by atoms with Gasteiger partial charge in [-0.05, 0) is 12.3 Å². The molecule has 0 aromatic rings. The number of carbonyl (C=O) groups is 2. The Bertz CT molecular complexity index is 337. The van der Waals surface area contributed by atoms with Crippen molar-refractivity contribution in [1.82, 2.24) is 5.32 Å². The lowest BCUT2D eigenvalue weighted by atomic mass is 10.1. The number of carbonyl (C=O) groups excluding carboxylic acids is 1. The fourth-order valence-electron chi connectivity index (χ4n) is 2.03. The fourth-order valence-corrected chi connectivity index (χ4v) is 2.03. The van der Waals surface area contributed by atoms with Crippen LogP contribution in [0.3, 0.4) is 0 Å². The van der Waals surface area contributed by atoms with Gasteiger partial charge in [0, 0.05) is 6.54 Å². The van der Waals surface area contributed by atoms with Gasteiger partial charge in [0.05, 0.1) is 18.4 Å². The summed E-state index contributed by atoms with van der Waals surface area (Å²) in [5.41, 5.74) is -1.94. The smallest absolute Gasteiger partial charge is 0.307 e. The van der Waals surface area contributed by atoms with Crippen molar-refractivity contribution < 1.29 is 24.9 Å². The van der Waals surface area contributed by atoms with Crippen molar-refractivity contribution >= 4 is 11.9 Å². The maximum Gasteiger partial charge on any atom is 0.307 e. The first-order valence-electron chi connectivity index (χ1n) is 5.47. The van der Waals surface area contributed by atoms with Crippen LogP contribution in [-0.4, -0.2) is 45.9 Å². The van der Waals surface area contributed by atoms with E-state index < -0.39 is 41.3 Å². The maximum atomic E-state index is 11.7. The summed E-state index contributed by atoms with van der Waals surface area (Å²) in [6, 6.07) is 0. The molecule has 0 aromatic carbocycles. The summed E-state index contributed by atoms with van der Waals surface area (Å²) in [7, 11) is 0. The van der Waals surface area contributed by atoms with Gasteiger partial charge in [0.25, 0.3) is 0 Å². The first-order valence-corrected chi connectivity index (χ1v) is 5.47. The van der Waals surface area contributed by atoms with E-state index in [0.29, 0.717) is 0 Å². The van der Waals surface area contributed by atoms with Crippen molar-refractivity contribution in [3.63, 3.8) is 0 Å². The molecule has 0 aromatic heterocycles. The zero-order chi connectivity index (χ0) is 13.4. The Morgan fingerprint density at radius 3 is 2.24 bits per heavy atom. The number of aliphatic carboxylic acids is 1. The zero-order valence-electron chi connectivity index (χ0n) is 10.2. The van der Waals surface area contributed by atoms with Crippen molar-refractivity contribution in [2.45, 2.75) is 26.4 Å². The highest BCUT2D eigenvalue weighted by molar-refractivity contribution is 5.91. The Morgan fingerprint density at radius 2 is 1.88 bits per heavy atom. The van der Waals surface area contributed by atoms with E-state index in [4.69, 9.17) is 10.2 Å². The standard InChI is InChI=1S/C11H19NO5/c1-10(2)6(7(10)9(15)16)8(14)12-4-11(3,17)5-13/h6-7,13,17H,4-5H2,1-3H3,(H,12,14)(H,15,16)/t6-,7+,11?/m1/s1. The van der Waals surface area contributed by atoms with Crippen LogP contribution in [0.15, 0.2) is 0 Å². The molecule has 1 saturated carbocycles. The molecule has 0 radical (unpaired) electrons. The topological polar surface area (TPSA) is 107 Å². The molecule has 3 atom stereocenters. The van der Waals surface area contributed by atoms with Crippen LogP contribution >= 0.6 is 0 Å². The molecule has 0 saturated heterocycles. The molecular weight excluding hydrogens is 226 g/mol. The average Bonchev–Trinajstić information content (AvgIpc) is 2.78. The molecule has 17 heavy (non-hydrogen) atoms. The Kier molecular flexibility index (Phi) is 3.50. The summed E-state index contributed by atoms with van der Waals surface area (Å²) in [4.78, 5) is 22.6. The van der Waals surface area contributed by atoms with Crippen molar-refractivity contribution in [2.75, 3.05) is 13.2 Å². The van der Waals surface area contributed by atoms with Gasteiger partial charge in [-0.1, -0.05) is 13.8 Å². The van der Waals surface area contributed by atoms with Crippen LogP contribution in [0, 0.1) is 17.3 Å². The summed E-state index contributed by atoms with van der Waals surface area (Å²) in [6.07, 6.45) is 0. The van der Waals surface area contributed by atoms with Gasteiger partial charge in [0.2, 0.25) is 5.91 Å². The summed E-state index contributed by atoms with van der Waals surface area (Å²) < 4.78 is 0. The molecular formula is C11H19NO5. The average molecular weight is 245 g/mol. The minimum absolute atomic E-state index is 0.0960. The number of carboxylic acids is 1. The molecule has 1 aliphatic carbocycles. The second-order valence-corrected chi connectivity index (χ2v) is 5.49. The van der Waals surface area contributed by atoms with Crippen molar-refractivity contribution in [2.24, 2.45) is 17.3 Å². The molecule has 4 N–H and O–H groups in total. The molecule has 1 rings (SSSR count). The number of rotatable bonds is 5. The molecule has 6 heteroatoms. The summed E-state index contributed by atoms with van der Waals surface area (Å²) in [5, 5.41) is 29.7. The number of hydrogen-bond acceptors (Lipinski definition) is 4. The minimum Gasteiger partial charge on any atom is -0.481 e. The van der Waals surface area contributed by atoms with Gasteiger partial charge in [-0.25, -0.2) is 0 Å². The van der Waals surface area contributed by atoms with Gasteiger partial charge < -0.3 is 20.6 Å². The van der Waals surface area contributed by atoms with Crippen molar-refractivity contribution in [3.8, 4) is 0 Å². The highest BCUT2D eigenvalue weighted by Crippen LogP contribution is 2.58. The molecule has 0 aliphatic heterocycles. The first-order chi connectivity index (χ1) is 7.63. The van der Waals surface area contributed by atoms with E-state index in [0.717, 1.165) is 0 Å². The number of amides is 1. The molecule has 1 aliphatic rings. The van der Waals surface area contributed by atoms with E-state index in [2.05, 4.69) is 5.32 Å². The molecule has 6 nitrogen and oxygen atoms in total. The maximum absolute atomic E-state index is 11.7. The van der Waals surface area contributed by atoms with E-state index in [1.807, 2.05) is 0 Å². The number of aliphatic hydroxyl groups is 2. The predicted molar refractivity (Wildman–Crippen MR) is 59.1 cm³/mol. The summed E-state index contributed by atoms with van der Waals surface area (Å²) >= 11 is 0. The Balaban J connectivity index is 2.54. The van der Waals surface area contributed by atoms with Gasteiger partial charge >= 0.3 is 5.97 Å². The van der Waals surface area contributed by atoms with Crippen molar-refractivity contribution in [1.29, 1.82) is 0 Å². The van der Waals surface area contributed by atoms with Crippen LogP contribution in [0.2, 0.25) is 0 Å². The van der Waals surface area contributed by atoms with E-state index in [-0.39, 0.29) is 6.54 Å². The van der Waals surface area contributed by atoms with Gasteiger partial charge in [0.1, 0.15) is 5.60 Å². The Hall–Kier alpha value is -1.14. The number of nitrogens with one attached hydrogen (secondary N) is 1. The van der Waals surface area contributed by atoms with Crippen LogP contribution in [0.25, 0.3) is 0 Å². The lowest BCUT2D eigenvalue weighted by molar-refractivity contribution is -0.140. The lowest BCUT2D eigenvalue weighted by Gasteiger charge is -2.20. The molecule has 1 fully saturated rings. The van der Waals surface area contributed by atoms with E-state index in [9.17, 15) is 14.7 Å². The van der Waals surface area contributed by atoms with Gasteiger partial charge in [-0.3, -0.25) is 9.59 Å². The largest absolute Gasteiger partial charge is 0.481 e. The predicted octanol–water partition coefficient (Wildman–Crippen LogP) is -0.797. The van der Waals surface area contributed by atoms with Gasteiger partial charge in [-0.2, -0.15) is 0 Å². The van der Waals surface area contributed by atoms with Crippen molar-refractivity contribution in [3.05, 3.63) is 0 Å². The SMILES string of the molecule is CC(O)(CO)CNC(=O)[C@H]1[C@@H](C(=O)O)C1(C)C. The van der Waals surface area contributed by atoms with Crippen LogP contribution in [0.5, 0.6) is 0 Å². The number of aliphatic hydroxyl groups excluding tert-OH is 1. The molecule has 0 bridgehead atoms. The van der Waals surface area contributed by atoms with Crippen LogP contribution in [-0.2, 0) is 9.59 Å². The fraction of sp³-hybridized carbons (Fsp3) is 0.818.